The zero-order chi connectivity index (χ0) is 61.4. The Hall–Kier alpha value is 2.42. The molecule has 0 nitrogen and oxygen atoms in total. The Morgan fingerprint density at radius 2 is 0.389 bits per heavy atom. The first-order valence-corrected chi connectivity index (χ1v) is 50.7. The van der Waals surface area contributed by atoms with Crippen molar-refractivity contribution >= 4 is 329 Å². The van der Waals surface area contributed by atoms with E-state index in [1.165, 1.54) is 224 Å². The molecule has 12 rings (SSSR count). The molecular formula is C66H68S24. The SMILES string of the molecule is CCCCCCSC1=C(SCCCCCC)SC(=Cc2ccc(C=C3SC4=C(S3)SC(=Cc3ccc(C=C5SC6=C(S5)SC(=Cc5ccc(C=C7SC8=C(SC(=Cc9ccc(C=C%10SC(SCCCCCC)=C(SCCCCCC)S%10)s9)S8)S7)s5)S6)s3)S4)s2)S1. The second-order valence-electron chi connectivity index (χ2n) is 20.8. The largest absolute Gasteiger partial charge is 0.136 e. The Morgan fingerprint density at radius 1 is 0.222 bits per heavy atom. The van der Waals surface area contributed by atoms with Crippen LogP contribution in [0, 0.1) is 0 Å². The number of thiophene rings is 4. The lowest BCUT2D eigenvalue weighted by atomic mass is 10.2. The fourth-order valence-corrected chi connectivity index (χ4v) is 44.2. The zero-order valence-electron chi connectivity index (χ0n) is 50.2. The first kappa shape index (κ1) is 72.2. The van der Waals surface area contributed by atoms with E-state index in [-0.39, 0.29) is 0 Å². The number of thioether (sulfide) groups is 20. The van der Waals surface area contributed by atoms with E-state index in [1.807, 2.05) is 234 Å². The van der Waals surface area contributed by atoms with Gasteiger partial charge in [-0.05, 0) is 146 Å². The van der Waals surface area contributed by atoms with Crippen molar-refractivity contribution in [3.8, 4) is 0 Å². The van der Waals surface area contributed by atoms with Gasteiger partial charge in [-0.3, -0.25) is 0 Å². The summed E-state index contributed by atoms with van der Waals surface area (Å²) in [5.41, 5.74) is 0. The molecule has 8 aliphatic rings. The van der Waals surface area contributed by atoms with Crippen LogP contribution in [0.3, 0.4) is 0 Å². The molecule has 0 N–H and O–H groups in total. The van der Waals surface area contributed by atoms with Gasteiger partial charge in [-0.2, -0.15) is 0 Å². The molecule has 0 radical (unpaired) electrons. The van der Waals surface area contributed by atoms with E-state index in [2.05, 4.69) is 172 Å². The summed E-state index contributed by atoms with van der Waals surface area (Å²) in [6.07, 6.45) is 40.6. The molecule has 0 unspecified atom stereocenters. The minimum Gasteiger partial charge on any atom is -0.136 e. The molecule has 12 heterocycles. The highest BCUT2D eigenvalue weighted by atomic mass is 32.3. The van der Waals surface area contributed by atoms with Crippen LogP contribution in [-0.2, 0) is 0 Å². The van der Waals surface area contributed by atoms with Crippen molar-refractivity contribution in [1.29, 1.82) is 0 Å². The average Bonchev–Trinajstić information content (AvgIpc) is 1.94. The summed E-state index contributed by atoms with van der Waals surface area (Å²) in [6.45, 7) is 9.21. The maximum absolute atomic E-state index is 2.44. The van der Waals surface area contributed by atoms with E-state index >= 15 is 0 Å². The summed E-state index contributed by atoms with van der Waals surface area (Å²) in [5.74, 6) is 4.96. The molecule has 0 fully saturated rings. The topological polar surface area (TPSA) is 0 Å². The molecule has 0 spiro atoms. The molecule has 0 aromatic carbocycles. The lowest BCUT2D eigenvalue weighted by molar-refractivity contribution is 0.707. The van der Waals surface area contributed by atoms with Crippen molar-refractivity contribution in [3.05, 3.63) is 164 Å². The lowest BCUT2D eigenvalue weighted by Crippen LogP contribution is -1.83. The second-order valence-corrected chi connectivity index (χ2v) is 51.3. The van der Waals surface area contributed by atoms with Gasteiger partial charge in [-0.25, -0.2) is 0 Å². The van der Waals surface area contributed by atoms with Gasteiger partial charge in [0.15, 0.2) is 0 Å². The molecule has 4 aromatic heterocycles. The van der Waals surface area contributed by atoms with Crippen molar-refractivity contribution in [1.82, 2.24) is 0 Å². The predicted octanol–water partition coefficient (Wildman–Crippen LogP) is 33.1. The van der Waals surface area contributed by atoms with Crippen LogP contribution in [0.4, 0.5) is 0 Å². The molecule has 0 saturated heterocycles. The minimum absolute atomic E-state index is 1.24. The molecule has 90 heavy (non-hydrogen) atoms. The van der Waals surface area contributed by atoms with Crippen LogP contribution in [0.25, 0.3) is 48.6 Å². The van der Waals surface area contributed by atoms with Crippen molar-refractivity contribution in [2.75, 3.05) is 23.0 Å². The molecule has 4 aromatic rings. The fourth-order valence-electron chi connectivity index (χ4n) is 9.04. The Morgan fingerprint density at radius 3 is 0.556 bits per heavy atom. The van der Waals surface area contributed by atoms with Crippen molar-refractivity contribution in [3.63, 3.8) is 0 Å². The standard InChI is InChI=1S/C66H68S24/c1-5-9-13-17-29-67-57-58(68-30-18-14-10-6-2)76-49(75-57)33-41-21-23-43(71-41)35-51-79-61-62(80-51)84-53(83-61)37-45-25-27-47(73-45)39-55-87-65-66(88-55)90-56(89-65)40-48-28-26-46(74-48)38-54-85-63-64(86-54)82-52(81-63)36-44-24-22-42(72-44)34-50-77-59(69-31-19-15-11-7-3)60(78-50)70-32-20-16-12-8-4/h21-28,33-40H,5-20,29-32H2,1-4H3. The quantitative estimate of drug-likeness (QED) is 0.0426. The first-order chi connectivity index (χ1) is 44.3. The van der Waals surface area contributed by atoms with Gasteiger partial charge in [0, 0.05) is 39.0 Å². The molecule has 0 bridgehead atoms. The van der Waals surface area contributed by atoms with Gasteiger partial charge in [0.2, 0.25) is 0 Å². The van der Waals surface area contributed by atoms with Crippen LogP contribution in [-0.4, -0.2) is 23.0 Å². The number of hydrogen-bond acceptors (Lipinski definition) is 24. The smallest absolute Gasteiger partial charge is 0.0716 e. The van der Waals surface area contributed by atoms with Crippen molar-refractivity contribution in [2.24, 2.45) is 0 Å². The highest BCUT2D eigenvalue weighted by molar-refractivity contribution is 8.50. The maximum Gasteiger partial charge on any atom is 0.0716 e. The summed E-state index contributed by atoms with van der Waals surface area (Å²) in [6, 6.07) is 18.5. The van der Waals surface area contributed by atoms with Crippen LogP contribution in [0.2, 0.25) is 0 Å². The minimum atomic E-state index is 1.24. The maximum atomic E-state index is 2.44. The summed E-state index contributed by atoms with van der Waals surface area (Å²) < 4.78 is 26.0. The third-order valence-electron chi connectivity index (χ3n) is 13.5. The van der Waals surface area contributed by atoms with E-state index < -0.39 is 0 Å². The molecule has 0 amide bonds. The molecule has 0 aliphatic carbocycles. The van der Waals surface area contributed by atoms with Crippen LogP contribution >= 0.6 is 281 Å². The van der Waals surface area contributed by atoms with E-state index in [1.54, 1.807) is 16.9 Å². The van der Waals surface area contributed by atoms with Gasteiger partial charge in [0.05, 0.1) is 76.3 Å². The van der Waals surface area contributed by atoms with Gasteiger partial charge in [-0.1, -0.05) is 293 Å². The Kier molecular flexibility index (Phi) is 30.4. The number of hydrogen-bond donors (Lipinski definition) is 0. The van der Waals surface area contributed by atoms with Crippen molar-refractivity contribution in [2.45, 2.75) is 130 Å². The third kappa shape index (κ3) is 21.7. The molecule has 24 heteroatoms. The monoisotopic (exact) mass is 1630 g/mol. The van der Waals surface area contributed by atoms with E-state index in [4.69, 9.17) is 0 Å². The summed E-state index contributed by atoms with van der Waals surface area (Å²) in [5, 5.41) is 0. The van der Waals surface area contributed by atoms with Gasteiger partial charge in [0.1, 0.15) is 0 Å². The van der Waals surface area contributed by atoms with Crippen LogP contribution in [0.5, 0.6) is 0 Å². The third-order valence-corrected chi connectivity index (χ3v) is 44.6. The lowest BCUT2D eigenvalue weighted by Gasteiger charge is -2.05. The molecule has 0 saturated carbocycles. The Labute approximate surface area is 637 Å². The van der Waals surface area contributed by atoms with Gasteiger partial charge >= 0.3 is 0 Å². The van der Waals surface area contributed by atoms with Crippen LogP contribution < -0.4 is 0 Å². The number of rotatable bonds is 32. The van der Waals surface area contributed by atoms with E-state index in [0.29, 0.717) is 0 Å². The van der Waals surface area contributed by atoms with Gasteiger partial charge < -0.3 is 0 Å². The van der Waals surface area contributed by atoms with Crippen molar-refractivity contribution < 1.29 is 0 Å². The van der Waals surface area contributed by atoms with Gasteiger partial charge in [0.25, 0.3) is 0 Å². The van der Waals surface area contributed by atoms with Gasteiger partial charge in [-0.15, -0.1) is 92.4 Å². The summed E-state index contributed by atoms with van der Waals surface area (Å²) in [7, 11) is 0. The second kappa shape index (κ2) is 37.9. The van der Waals surface area contributed by atoms with E-state index in [0.717, 1.165) is 0 Å². The van der Waals surface area contributed by atoms with E-state index in [9.17, 15) is 0 Å². The Bertz CT molecular complexity index is 3290. The summed E-state index contributed by atoms with van der Waals surface area (Å²) >= 11 is 47.5. The zero-order valence-corrected chi connectivity index (χ0v) is 69.8. The molecular weight excluding hydrogens is 1560 g/mol. The molecule has 8 aliphatic heterocycles. The normalized spacial score (nSPS) is 18.2. The highest BCUT2D eigenvalue weighted by Crippen LogP contribution is 2.70. The number of unbranched alkanes of at least 4 members (excludes halogenated alkanes) is 12. The molecule has 476 valence electrons. The van der Waals surface area contributed by atoms with Crippen LogP contribution in [0.15, 0.2) is 125 Å². The fraction of sp³-hybridized carbons (Fsp3) is 0.364. The highest BCUT2D eigenvalue weighted by Gasteiger charge is 2.34. The Balaban J connectivity index is 0.561. The van der Waals surface area contributed by atoms with Crippen LogP contribution in [0.1, 0.15) is 169 Å². The molecule has 0 atom stereocenters. The predicted molar refractivity (Wildman–Crippen MR) is 464 cm³/mol. The first-order valence-electron chi connectivity index (χ1n) is 30.5. The average molecular weight is 1630 g/mol. The summed E-state index contributed by atoms with van der Waals surface area (Å²) in [4.78, 5) is 10.7.